The van der Waals surface area contributed by atoms with Crippen LogP contribution < -0.4 is 5.32 Å². The first-order valence-electron chi connectivity index (χ1n) is 4.97. The third-order valence-electron chi connectivity index (χ3n) is 1.94. The maximum atomic E-state index is 5.90. The Hall–Kier alpha value is -0.130. The first-order valence-corrected chi connectivity index (χ1v) is 7.96. The molecular weight excluding hydrogens is 262 g/mol. The summed E-state index contributed by atoms with van der Waals surface area (Å²) in [5.74, 6) is 2.56. The van der Waals surface area contributed by atoms with E-state index in [0.29, 0.717) is 16.2 Å². The van der Waals surface area contributed by atoms with Gasteiger partial charge in [0.1, 0.15) is 11.0 Å². The monoisotopic (exact) mass is 277 g/mol. The van der Waals surface area contributed by atoms with E-state index in [-0.39, 0.29) is 0 Å². The lowest BCUT2D eigenvalue weighted by Crippen LogP contribution is -2.14. The molecule has 90 valence electrons. The Bertz CT molecular complexity index is 336. The highest BCUT2D eigenvalue weighted by atomic mass is 35.5. The molecule has 1 aromatic heterocycles. The first kappa shape index (κ1) is 13.9. The van der Waals surface area contributed by atoms with Gasteiger partial charge < -0.3 is 5.32 Å². The van der Waals surface area contributed by atoms with Gasteiger partial charge in [0.15, 0.2) is 5.16 Å². The fourth-order valence-electron chi connectivity index (χ4n) is 1.20. The Balaban J connectivity index is 2.56. The van der Waals surface area contributed by atoms with Crippen LogP contribution in [0.5, 0.6) is 0 Å². The molecule has 3 nitrogen and oxygen atoms in total. The van der Waals surface area contributed by atoms with Crippen LogP contribution in [-0.4, -0.2) is 34.8 Å². The molecular formula is C10H16ClN3S2. The molecule has 0 fully saturated rings. The first-order chi connectivity index (χ1) is 7.65. The van der Waals surface area contributed by atoms with Crippen LogP contribution in [0.2, 0.25) is 5.15 Å². The van der Waals surface area contributed by atoms with Crippen molar-refractivity contribution in [3.05, 3.63) is 11.2 Å². The molecule has 1 atom stereocenters. The van der Waals surface area contributed by atoms with E-state index in [0.717, 1.165) is 18.1 Å². The van der Waals surface area contributed by atoms with Gasteiger partial charge in [-0.15, -0.1) is 0 Å². The smallest absolute Gasteiger partial charge is 0.190 e. The molecule has 1 heterocycles. The Kier molecular flexibility index (Phi) is 6.31. The lowest BCUT2D eigenvalue weighted by atomic mass is 10.2. The van der Waals surface area contributed by atoms with Gasteiger partial charge in [-0.2, -0.15) is 11.8 Å². The van der Waals surface area contributed by atoms with Gasteiger partial charge in [0.05, 0.1) is 0 Å². The SMILES string of the molecule is CSCC(C)CNc1cc(Cl)nc(SC)n1. The molecule has 0 amide bonds. The predicted octanol–water partition coefficient (Wildman–Crippen LogP) is 3.26. The molecule has 0 aromatic carbocycles. The Morgan fingerprint density at radius 3 is 2.81 bits per heavy atom. The molecule has 16 heavy (non-hydrogen) atoms. The van der Waals surface area contributed by atoms with Gasteiger partial charge in [0.25, 0.3) is 0 Å². The minimum atomic E-state index is 0.486. The van der Waals surface area contributed by atoms with Crippen molar-refractivity contribution < 1.29 is 0 Å². The molecule has 0 bridgehead atoms. The molecule has 0 spiro atoms. The van der Waals surface area contributed by atoms with E-state index in [4.69, 9.17) is 11.6 Å². The van der Waals surface area contributed by atoms with Crippen molar-refractivity contribution >= 4 is 40.9 Å². The largest absolute Gasteiger partial charge is 0.370 e. The molecule has 1 N–H and O–H groups in total. The van der Waals surface area contributed by atoms with Crippen LogP contribution >= 0.6 is 35.1 Å². The Labute approximate surface area is 110 Å². The molecule has 0 aliphatic carbocycles. The van der Waals surface area contributed by atoms with Crippen LogP contribution in [-0.2, 0) is 0 Å². The second-order valence-electron chi connectivity index (χ2n) is 3.50. The van der Waals surface area contributed by atoms with Gasteiger partial charge in [0.2, 0.25) is 0 Å². The van der Waals surface area contributed by atoms with Gasteiger partial charge in [-0.25, -0.2) is 9.97 Å². The van der Waals surface area contributed by atoms with Gasteiger partial charge >= 0.3 is 0 Å². The van der Waals surface area contributed by atoms with Gasteiger partial charge in [-0.3, -0.25) is 0 Å². The highest BCUT2D eigenvalue weighted by Gasteiger charge is 2.04. The van der Waals surface area contributed by atoms with Crippen molar-refractivity contribution in [2.24, 2.45) is 5.92 Å². The molecule has 1 aromatic rings. The van der Waals surface area contributed by atoms with Crippen LogP contribution in [0.25, 0.3) is 0 Å². The molecule has 0 saturated heterocycles. The molecule has 1 unspecified atom stereocenters. The zero-order chi connectivity index (χ0) is 12.0. The van der Waals surface area contributed by atoms with Gasteiger partial charge in [-0.05, 0) is 24.2 Å². The van der Waals surface area contributed by atoms with Gasteiger partial charge in [-0.1, -0.05) is 30.3 Å². The van der Waals surface area contributed by atoms with Crippen LogP contribution in [0.15, 0.2) is 11.2 Å². The fraction of sp³-hybridized carbons (Fsp3) is 0.600. The quantitative estimate of drug-likeness (QED) is 0.491. The number of hydrogen-bond acceptors (Lipinski definition) is 5. The normalized spacial score (nSPS) is 12.5. The van der Waals surface area contributed by atoms with Crippen molar-refractivity contribution in [3.8, 4) is 0 Å². The molecule has 0 radical (unpaired) electrons. The molecule has 0 aliphatic rings. The third kappa shape index (κ3) is 4.80. The summed E-state index contributed by atoms with van der Waals surface area (Å²) in [4.78, 5) is 8.42. The zero-order valence-electron chi connectivity index (χ0n) is 9.66. The fourth-order valence-corrected chi connectivity index (χ4v) is 2.50. The highest BCUT2D eigenvalue weighted by molar-refractivity contribution is 7.98. The van der Waals surface area contributed by atoms with E-state index < -0.39 is 0 Å². The summed E-state index contributed by atoms with van der Waals surface area (Å²) in [7, 11) is 0. The lowest BCUT2D eigenvalue weighted by molar-refractivity contribution is 0.698. The molecule has 0 aliphatic heterocycles. The number of hydrogen-bond donors (Lipinski definition) is 1. The summed E-state index contributed by atoms with van der Waals surface area (Å²) < 4.78 is 0. The second kappa shape index (κ2) is 7.25. The van der Waals surface area contributed by atoms with Crippen molar-refractivity contribution in [2.75, 3.05) is 30.1 Å². The summed E-state index contributed by atoms with van der Waals surface area (Å²) in [6.45, 7) is 3.11. The van der Waals surface area contributed by atoms with E-state index in [1.807, 2.05) is 18.0 Å². The second-order valence-corrected chi connectivity index (χ2v) is 5.58. The predicted molar refractivity (Wildman–Crippen MR) is 74.9 cm³/mol. The van der Waals surface area contributed by atoms with E-state index in [1.165, 1.54) is 11.8 Å². The summed E-state index contributed by atoms with van der Waals surface area (Å²) in [6, 6.07) is 1.76. The average molecular weight is 278 g/mol. The molecule has 6 heteroatoms. The minimum absolute atomic E-state index is 0.486. The standard InChI is InChI=1S/C10H16ClN3S2/c1-7(6-15-2)5-12-9-4-8(11)13-10(14-9)16-3/h4,7H,5-6H2,1-3H3,(H,12,13,14). The number of aromatic nitrogens is 2. The van der Waals surface area contributed by atoms with Gasteiger partial charge in [0, 0.05) is 12.6 Å². The third-order valence-corrected chi connectivity index (χ3v) is 3.58. The van der Waals surface area contributed by atoms with Crippen molar-refractivity contribution in [2.45, 2.75) is 12.1 Å². The molecule has 0 saturated carbocycles. The summed E-state index contributed by atoms with van der Waals surface area (Å²) in [5.41, 5.74) is 0. The van der Waals surface area contributed by atoms with Crippen LogP contribution in [0.3, 0.4) is 0 Å². The summed E-state index contributed by atoms with van der Waals surface area (Å²) in [5, 5.41) is 4.47. The van der Waals surface area contributed by atoms with E-state index in [1.54, 1.807) is 6.07 Å². The highest BCUT2D eigenvalue weighted by Crippen LogP contribution is 2.17. The number of anilines is 1. The maximum absolute atomic E-state index is 5.90. The van der Waals surface area contributed by atoms with E-state index in [2.05, 4.69) is 28.5 Å². The minimum Gasteiger partial charge on any atom is -0.370 e. The molecule has 1 rings (SSSR count). The number of halogens is 1. The topological polar surface area (TPSA) is 37.8 Å². The zero-order valence-corrected chi connectivity index (χ0v) is 12.0. The van der Waals surface area contributed by atoms with Crippen LogP contribution in [0.1, 0.15) is 6.92 Å². The van der Waals surface area contributed by atoms with E-state index in [9.17, 15) is 0 Å². The van der Waals surface area contributed by atoms with Crippen molar-refractivity contribution in [1.82, 2.24) is 9.97 Å². The van der Waals surface area contributed by atoms with E-state index >= 15 is 0 Å². The van der Waals surface area contributed by atoms with Crippen LogP contribution in [0.4, 0.5) is 5.82 Å². The number of nitrogens with one attached hydrogen (secondary N) is 1. The number of thioether (sulfide) groups is 2. The maximum Gasteiger partial charge on any atom is 0.190 e. The Morgan fingerprint density at radius 1 is 1.44 bits per heavy atom. The van der Waals surface area contributed by atoms with Crippen molar-refractivity contribution in [1.29, 1.82) is 0 Å². The van der Waals surface area contributed by atoms with Crippen molar-refractivity contribution in [3.63, 3.8) is 0 Å². The number of nitrogens with zero attached hydrogens (tertiary/aromatic N) is 2. The average Bonchev–Trinajstić information content (AvgIpc) is 2.26. The number of rotatable bonds is 6. The lowest BCUT2D eigenvalue weighted by Gasteiger charge is -2.12. The van der Waals surface area contributed by atoms with Crippen LogP contribution in [0, 0.1) is 5.92 Å². The Morgan fingerprint density at radius 2 is 2.19 bits per heavy atom. The summed E-state index contributed by atoms with van der Waals surface area (Å²) in [6.07, 6.45) is 4.05. The summed E-state index contributed by atoms with van der Waals surface area (Å²) >= 11 is 9.24.